The number of ether oxygens (including phenoxy) is 1. The predicted octanol–water partition coefficient (Wildman–Crippen LogP) is 1.85. The van der Waals surface area contributed by atoms with E-state index in [-0.39, 0.29) is 6.09 Å². The lowest BCUT2D eigenvalue weighted by atomic mass is 10.0. The number of nitrogens with zero attached hydrogens (tertiary/aromatic N) is 1. The first-order valence-electron chi connectivity index (χ1n) is 6.29. The summed E-state index contributed by atoms with van der Waals surface area (Å²) in [5, 5.41) is 2.84. The van der Waals surface area contributed by atoms with E-state index >= 15 is 0 Å². The molecule has 94 valence electrons. The van der Waals surface area contributed by atoms with Crippen molar-refractivity contribution in [2.75, 3.05) is 26.2 Å². The van der Waals surface area contributed by atoms with Crippen LogP contribution in [0.4, 0.5) is 4.79 Å². The predicted molar refractivity (Wildman–Crippen MR) is 64.5 cm³/mol. The van der Waals surface area contributed by atoms with Crippen molar-refractivity contribution in [2.24, 2.45) is 5.92 Å². The van der Waals surface area contributed by atoms with Crippen LogP contribution in [-0.2, 0) is 4.74 Å². The topological polar surface area (TPSA) is 41.6 Å². The van der Waals surface area contributed by atoms with Gasteiger partial charge >= 0.3 is 6.09 Å². The van der Waals surface area contributed by atoms with E-state index in [1.165, 1.54) is 12.8 Å². The maximum atomic E-state index is 11.2. The summed E-state index contributed by atoms with van der Waals surface area (Å²) in [6.07, 6.45) is 2.26. The monoisotopic (exact) mass is 228 g/mol. The van der Waals surface area contributed by atoms with Crippen molar-refractivity contribution in [3.8, 4) is 0 Å². The Hall–Kier alpha value is -0.770. The summed E-state index contributed by atoms with van der Waals surface area (Å²) in [5.74, 6) is 0.556. The third kappa shape index (κ3) is 4.00. The normalized spacial score (nSPS) is 18.8. The zero-order valence-corrected chi connectivity index (χ0v) is 10.7. The molecule has 1 atom stereocenters. The molecule has 1 rings (SSSR count). The summed E-state index contributed by atoms with van der Waals surface area (Å²) in [6.45, 7) is 9.67. The molecular formula is C12H24N2O2. The smallest absolute Gasteiger partial charge is 0.407 e. The minimum Gasteiger partial charge on any atom is -0.450 e. The number of amides is 1. The van der Waals surface area contributed by atoms with Gasteiger partial charge in [-0.3, -0.25) is 4.90 Å². The SMILES string of the molecule is CCOC(=O)NCC(C(C)C)N1CCCC1. The third-order valence-corrected chi connectivity index (χ3v) is 3.11. The van der Waals surface area contributed by atoms with Crippen molar-refractivity contribution in [1.29, 1.82) is 0 Å². The van der Waals surface area contributed by atoms with E-state index in [9.17, 15) is 4.79 Å². The molecular weight excluding hydrogens is 204 g/mol. The van der Waals surface area contributed by atoms with Crippen molar-refractivity contribution < 1.29 is 9.53 Å². The molecule has 1 fully saturated rings. The summed E-state index contributed by atoms with van der Waals surface area (Å²) in [6, 6.07) is 0.437. The van der Waals surface area contributed by atoms with E-state index in [0.29, 0.717) is 25.1 Å². The number of rotatable bonds is 5. The molecule has 0 aromatic heterocycles. The number of hydrogen-bond acceptors (Lipinski definition) is 3. The number of alkyl carbamates (subject to hydrolysis) is 1. The van der Waals surface area contributed by atoms with Crippen LogP contribution in [0.3, 0.4) is 0 Å². The van der Waals surface area contributed by atoms with Crippen LogP contribution in [0.5, 0.6) is 0 Å². The van der Waals surface area contributed by atoms with Crippen LogP contribution in [0.25, 0.3) is 0 Å². The molecule has 1 amide bonds. The van der Waals surface area contributed by atoms with Gasteiger partial charge in [0.15, 0.2) is 0 Å². The van der Waals surface area contributed by atoms with Crippen molar-refractivity contribution in [3.63, 3.8) is 0 Å². The van der Waals surface area contributed by atoms with Crippen molar-refractivity contribution in [1.82, 2.24) is 10.2 Å². The van der Waals surface area contributed by atoms with Gasteiger partial charge in [0.1, 0.15) is 0 Å². The van der Waals surface area contributed by atoms with E-state index < -0.39 is 0 Å². The average Bonchev–Trinajstić information content (AvgIpc) is 2.71. The van der Waals surface area contributed by atoms with Gasteiger partial charge in [0, 0.05) is 12.6 Å². The number of hydrogen-bond donors (Lipinski definition) is 1. The highest BCUT2D eigenvalue weighted by Gasteiger charge is 2.24. The second-order valence-corrected chi connectivity index (χ2v) is 4.66. The molecule has 1 saturated heterocycles. The number of carbonyl (C=O) groups excluding carboxylic acids is 1. The Morgan fingerprint density at radius 1 is 1.38 bits per heavy atom. The van der Waals surface area contributed by atoms with E-state index in [2.05, 4.69) is 24.1 Å². The first kappa shape index (κ1) is 13.3. The van der Waals surface area contributed by atoms with E-state index in [1.54, 1.807) is 0 Å². The van der Waals surface area contributed by atoms with Crippen LogP contribution in [0.2, 0.25) is 0 Å². The van der Waals surface area contributed by atoms with E-state index in [4.69, 9.17) is 4.74 Å². The molecule has 1 unspecified atom stereocenters. The Morgan fingerprint density at radius 3 is 2.50 bits per heavy atom. The second kappa shape index (κ2) is 6.74. The molecule has 1 N–H and O–H groups in total. The highest BCUT2D eigenvalue weighted by atomic mass is 16.5. The Balaban J connectivity index is 2.36. The molecule has 16 heavy (non-hydrogen) atoms. The first-order valence-corrected chi connectivity index (χ1v) is 6.29. The zero-order valence-electron chi connectivity index (χ0n) is 10.7. The lowest BCUT2D eigenvalue weighted by Gasteiger charge is -2.30. The minimum atomic E-state index is -0.299. The summed E-state index contributed by atoms with van der Waals surface area (Å²) in [4.78, 5) is 13.7. The van der Waals surface area contributed by atoms with Crippen molar-refractivity contribution >= 4 is 6.09 Å². The molecule has 0 bridgehead atoms. The van der Waals surface area contributed by atoms with E-state index in [0.717, 1.165) is 13.1 Å². The fourth-order valence-corrected chi connectivity index (χ4v) is 2.23. The van der Waals surface area contributed by atoms with Crippen LogP contribution >= 0.6 is 0 Å². The Bertz CT molecular complexity index is 213. The molecule has 0 aromatic carbocycles. The van der Waals surface area contributed by atoms with Gasteiger partial charge in [-0.05, 0) is 38.8 Å². The van der Waals surface area contributed by atoms with Gasteiger partial charge in [-0.25, -0.2) is 4.79 Å². The maximum Gasteiger partial charge on any atom is 0.407 e. The van der Waals surface area contributed by atoms with Gasteiger partial charge in [0.2, 0.25) is 0 Å². The lowest BCUT2D eigenvalue weighted by Crippen LogP contribution is -2.45. The van der Waals surface area contributed by atoms with E-state index in [1.807, 2.05) is 6.92 Å². The Labute approximate surface area is 98.3 Å². The fourth-order valence-electron chi connectivity index (χ4n) is 2.23. The van der Waals surface area contributed by atoms with Gasteiger partial charge in [-0.2, -0.15) is 0 Å². The Morgan fingerprint density at radius 2 is 2.00 bits per heavy atom. The molecule has 0 saturated carbocycles. The van der Waals surface area contributed by atoms with Crippen LogP contribution in [0, 0.1) is 5.92 Å². The summed E-state index contributed by atoms with van der Waals surface area (Å²) >= 11 is 0. The summed E-state index contributed by atoms with van der Waals surface area (Å²) in [7, 11) is 0. The highest BCUT2D eigenvalue weighted by Crippen LogP contribution is 2.17. The van der Waals surface area contributed by atoms with Crippen LogP contribution in [0.15, 0.2) is 0 Å². The minimum absolute atomic E-state index is 0.299. The summed E-state index contributed by atoms with van der Waals surface area (Å²) in [5.41, 5.74) is 0. The largest absolute Gasteiger partial charge is 0.450 e. The van der Waals surface area contributed by atoms with Gasteiger partial charge in [0.25, 0.3) is 0 Å². The zero-order chi connectivity index (χ0) is 12.0. The van der Waals surface area contributed by atoms with Crippen LogP contribution in [-0.4, -0.2) is 43.3 Å². The van der Waals surface area contributed by atoms with Gasteiger partial charge < -0.3 is 10.1 Å². The molecule has 0 aromatic rings. The third-order valence-electron chi connectivity index (χ3n) is 3.11. The molecule has 0 spiro atoms. The average molecular weight is 228 g/mol. The maximum absolute atomic E-state index is 11.2. The second-order valence-electron chi connectivity index (χ2n) is 4.66. The standard InChI is InChI=1S/C12H24N2O2/c1-4-16-12(15)13-9-11(10(2)3)14-7-5-6-8-14/h10-11H,4-9H2,1-3H3,(H,13,15). The molecule has 1 aliphatic heterocycles. The molecule has 1 heterocycles. The highest BCUT2D eigenvalue weighted by molar-refractivity contribution is 5.67. The number of nitrogens with one attached hydrogen (secondary N) is 1. The van der Waals surface area contributed by atoms with Gasteiger partial charge in [-0.15, -0.1) is 0 Å². The first-order chi connectivity index (χ1) is 7.65. The van der Waals surface area contributed by atoms with Crippen LogP contribution in [0.1, 0.15) is 33.6 Å². The number of carbonyl (C=O) groups is 1. The fraction of sp³-hybridized carbons (Fsp3) is 0.917. The summed E-state index contributed by atoms with van der Waals surface area (Å²) < 4.78 is 4.87. The quantitative estimate of drug-likeness (QED) is 0.781. The van der Waals surface area contributed by atoms with Gasteiger partial charge in [-0.1, -0.05) is 13.8 Å². The lowest BCUT2D eigenvalue weighted by molar-refractivity contribution is 0.140. The Kier molecular flexibility index (Phi) is 5.60. The van der Waals surface area contributed by atoms with Crippen molar-refractivity contribution in [3.05, 3.63) is 0 Å². The molecule has 4 heteroatoms. The van der Waals surface area contributed by atoms with Crippen LogP contribution < -0.4 is 5.32 Å². The molecule has 4 nitrogen and oxygen atoms in total. The molecule has 1 aliphatic rings. The number of likely N-dealkylation sites (tertiary alicyclic amines) is 1. The van der Waals surface area contributed by atoms with Gasteiger partial charge in [0.05, 0.1) is 6.61 Å². The van der Waals surface area contributed by atoms with Crippen molar-refractivity contribution in [2.45, 2.75) is 39.7 Å². The molecule has 0 radical (unpaired) electrons. The molecule has 0 aliphatic carbocycles.